The Kier molecular flexibility index (Phi) is 4.36. The first kappa shape index (κ1) is 19.1. The molecule has 2 aromatic rings. The van der Waals surface area contributed by atoms with Gasteiger partial charge in [0, 0.05) is 25.7 Å². The molecule has 1 spiro atoms. The SMILES string of the molecule is Cc1ccc(C)c(CN2C[C@]34C=C[C@H](O3)[C@H](C(=O)N(C)Cc3ccoc3)[C@@H]4C2=O)c1. The van der Waals surface area contributed by atoms with E-state index in [1.807, 2.05) is 23.1 Å². The highest BCUT2D eigenvalue weighted by Crippen LogP contribution is 2.52. The summed E-state index contributed by atoms with van der Waals surface area (Å²) in [6, 6.07) is 8.14. The summed E-state index contributed by atoms with van der Waals surface area (Å²) in [6.07, 6.45) is 6.86. The molecule has 6 heteroatoms. The highest BCUT2D eigenvalue weighted by molar-refractivity contribution is 5.93. The second-order valence-corrected chi connectivity index (χ2v) is 8.85. The van der Waals surface area contributed by atoms with E-state index in [2.05, 4.69) is 32.0 Å². The Labute approximate surface area is 176 Å². The van der Waals surface area contributed by atoms with Gasteiger partial charge < -0.3 is 19.0 Å². The molecule has 4 atom stereocenters. The van der Waals surface area contributed by atoms with Crippen LogP contribution < -0.4 is 0 Å². The van der Waals surface area contributed by atoms with Gasteiger partial charge in [-0.1, -0.05) is 35.9 Å². The number of amides is 2. The fraction of sp³-hybridized carbons (Fsp3) is 0.417. The molecule has 156 valence electrons. The van der Waals surface area contributed by atoms with E-state index in [-0.39, 0.29) is 17.9 Å². The summed E-state index contributed by atoms with van der Waals surface area (Å²) in [7, 11) is 1.77. The van der Waals surface area contributed by atoms with E-state index in [1.54, 1.807) is 24.5 Å². The van der Waals surface area contributed by atoms with Gasteiger partial charge in [0.25, 0.3) is 0 Å². The summed E-state index contributed by atoms with van der Waals surface area (Å²) in [5.41, 5.74) is 3.71. The normalized spacial score (nSPS) is 29.0. The lowest BCUT2D eigenvalue weighted by Gasteiger charge is -2.27. The first-order valence-corrected chi connectivity index (χ1v) is 10.4. The molecule has 3 aliphatic heterocycles. The topological polar surface area (TPSA) is 63.0 Å². The van der Waals surface area contributed by atoms with E-state index in [0.29, 0.717) is 19.6 Å². The van der Waals surface area contributed by atoms with Crippen LogP contribution in [0.3, 0.4) is 0 Å². The van der Waals surface area contributed by atoms with Crippen molar-refractivity contribution in [2.75, 3.05) is 13.6 Å². The molecule has 2 fully saturated rings. The van der Waals surface area contributed by atoms with Crippen LogP contribution in [-0.4, -0.2) is 46.9 Å². The van der Waals surface area contributed by atoms with Crippen molar-refractivity contribution in [2.24, 2.45) is 11.8 Å². The molecule has 3 aliphatic rings. The van der Waals surface area contributed by atoms with Crippen molar-refractivity contribution in [3.05, 3.63) is 71.2 Å². The van der Waals surface area contributed by atoms with Crippen LogP contribution in [0.4, 0.5) is 0 Å². The first-order valence-electron chi connectivity index (χ1n) is 10.4. The maximum atomic E-state index is 13.5. The van der Waals surface area contributed by atoms with Gasteiger partial charge in [0.1, 0.15) is 5.60 Å². The van der Waals surface area contributed by atoms with Crippen LogP contribution in [0.15, 0.2) is 53.4 Å². The zero-order chi connectivity index (χ0) is 21.0. The molecule has 2 bridgehead atoms. The van der Waals surface area contributed by atoms with Crippen molar-refractivity contribution in [3.8, 4) is 0 Å². The van der Waals surface area contributed by atoms with E-state index >= 15 is 0 Å². The second kappa shape index (κ2) is 6.84. The van der Waals surface area contributed by atoms with Gasteiger partial charge in [0.05, 0.1) is 37.0 Å². The number of rotatable bonds is 5. The van der Waals surface area contributed by atoms with Gasteiger partial charge in [0.2, 0.25) is 11.8 Å². The fourth-order valence-corrected chi connectivity index (χ4v) is 5.16. The maximum absolute atomic E-state index is 13.5. The smallest absolute Gasteiger partial charge is 0.230 e. The Bertz CT molecular complexity index is 1030. The van der Waals surface area contributed by atoms with Crippen LogP contribution in [-0.2, 0) is 27.4 Å². The van der Waals surface area contributed by atoms with Crippen LogP contribution in [0.1, 0.15) is 22.3 Å². The largest absolute Gasteiger partial charge is 0.472 e. The third kappa shape index (κ3) is 2.89. The lowest BCUT2D eigenvalue weighted by atomic mass is 9.76. The summed E-state index contributed by atoms with van der Waals surface area (Å²) in [4.78, 5) is 30.3. The van der Waals surface area contributed by atoms with Gasteiger partial charge >= 0.3 is 0 Å². The molecule has 2 saturated heterocycles. The molecule has 4 heterocycles. The minimum atomic E-state index is -0.684. The second-order valence-electron chi connectivity index (χ2n) is 8.85. The van der Waals surface area contributed by atoms with Gasteiger partial charge in [-0.25, -0.2) is 0 Å². The molecule has 6 nitrogen and oxygen atoms in total. The van der Waals surface area contributed by atoms with Gasteiger partial charge in [-0.3, -0.25) is 9.59 Å². The first-order chi connectivity index (χ1) is 14.4. The van der Waals surface area contributed by atoms with Gasteiger partial charge in [0.15, 0.2) is 0 Å². The number of aryl methyl sites for hydroxylation is 2. The molecule has 0 saturated carbocycles. The van der Waals surface area contributed by atoms with Crippen molar-refractivity contribution in [2.45, 2.75) is 38.6 Å². The number of fused-ring (bicyclic) bond motifs is 1. The summed E-state index contributed by atoms with van der Waals surface area (Å²) in [5.74, 6) is -0.989. The summed E-state index contributed by atoms with van der Waals surface area (Å²) in [5, 5.41) is 0. The van der Waals surface area contributed by atoms with Crippen LogP contribution in [0.5, 0.6) is 0 Å². The molecular formula is C24H26N2O4. The molecular weight excluding hydrogens is 380 g/mol. The van der Waals surface area contributed by atoms with Crippen LogP contribution in [0.2, 0.25) is 0 Å². The summed E-state index contributed by atoms with van der Waals surface area (Å²) in [6.45, 7) is 5.60. The Morgan fingerprint density at radius 3 is 2.90 bits per heavy atom. The van der Waals surface area contributed by atoms with Crippen LogP contribution >= 0.6 is 0 Å². The molecule has 0 aliphatic carbocycles. The molecule has 1 aromatic carbocycles. The van der Waals surface area contributed by atoms with Gasteiger partial charge in [-0.2, -0.15) is 0 Å². The zero-order valence-electron chi connectivity index (χ0n) is 17.5. The minimum Gasteiger partial charge on any atom is -0.472 e. The standard InChI is InChI=1S/C24H26N2O4/c1-15-4-5-16(2)18(10-15)12-26-14-24-8-6-19(30-24)20(21(24)23(26)28)22(27)25(3)11-17-7-9-29-13-17/h4-10,13,19-21H,11-12,14H2,1-3H3/t19-,20-,21+,24-/m0/s1. The predicted octanol–water partition coefficient (Wildman–Crippen LogP) is 2.84. The van der Waals surface area contributed by atoms with Crippen molar-refractivity contribution >= 4 is 11.8 Å². The number of benzene rings is 1. The number of hydrogen-bond acceptors (Lipinski definition) is 4. The number of likely N-dealkylation sites (tertiary alicyclic amines) is 1. The van der Waals surface area contributed by atoms with E-state index in [1.165, 1.54) is 5.56 Å². The molecule has 0 N–H and O–H groups in total. The molecule has 2 amide bonds. The van der Waals surface area contributed by atoms with Gasteiger partial charge in [-0.05, 0) is 31.0 Å². The van der Waals surface area contributed by atoms with Crippen molar-refractivity contribution in [1.29, 1.82) is 0 Å². The maximum Gasteiger partial charge on any atom is 0.230 e. The van der Waals surface area contributed by atoms with E-state index in [9.17, 15) is 9.59 Å². The number of furan rings is 1. The predicted molar refractivity (Wildman–Crippen MR) is 110 cm³/mol. The quantitative estimate of drug-likeness (QED) is 0.717. The van der Waals surface area contributed by atoms with Crippen molar-refractivity contribution < 1.29 is 18.7 Å². The van der Waals surface area contributed by atoms with Crippen molar-refractivity contribution in [1.82, 2.24) is 9.80 Å². The average molecular weight is 406 g/mol. The van der Waals surface area contributed by atoms with Crippen molar-refractivity contribution in [3.63, 3.8) is 0 Å². The number of hydrogen-bond donors (Lipinski definition) is 0. The molecule has 0 radical (unpaired) electrons. The lowest BCUT2D eigenvalue weighted by molar-refractivity contribution is -0.142. The highest BCUT2D eigenvalue weighted by Gasteiger charge is 2.67. The molecule has 1 aromatic heterocycles. The Hall–Kier alpha value is -2.86. The van der Waals surface area contributed by atoms with Crippen LogP contribution in [0.25, 0.3) is 0 Å². The Morgan fingerprint density at radius 2 is 2.13 bits per heavy atom. The van der Waals surface area contributed by atoms with E-state index in [4.69, 9.17) is 9.15 Å². The highest BCUT2D eigenvalue weighted by atomic mass is 16.5. The lowest BCUT2D eigenvalue weighted by Crippen LogP contribution is -2.44. The monoisotopic (exact) mass is 406 g/mol. The fourth-order valence-electron chi connectivity index (χ4n) is 5.16. The number of carbonyl (C=O) groups is 2. The average Bonchev–Trinajstić information content (AvgIpc) is 3.47. The zero-order valence-corrected chi connectivity index (χ0v) is 17.5. The van der Waals surface area contributed by atoms with E-state index < -0.39 is 17.4 Å². The number of ether oxygens (including phenoxy) is 1. The summed E-state index contributed by atoms with van der Waals surface area (Å²) >= 11 is 0. The number of carbonyl (C=O) groups excluding carboxylic acids is 2. The summed E-state index contributed by atoms with van der Waals surface area (Å²) < 4.78 is 11.4. The molecule has 30 heavy (non-hydrogen) atoms. The number of nitrogens with zero attached hydrogens (tertiary/aromatic N) is 2. The van der Waals surface area contributed by atoms with Gasteiger partial charge in [-0.15, -0.1) is 0 Å². The third-order valence-corrected chi connectivity index (χ3v) is 6.71. The van der Waals surface area contributed by atoms with E-state index in [0.717, 1.165) is 16.7 Å². The minimum absolute atomic E-state index is 0.0119. The molecule has 5 rings (SSSR count). The molecule has 0 unspecified atom stereocenters. The third-order valence-electron chi connectivity index (χ3n) is 6.71. The Balaban J connectivity index is 1.38. The Morgan fingerprint density at radius 1 is 1.30 bits per heavy atom. The van der Waals surface area contributed by atoms with Crippen LogP contribution in [0, 0.1) is 25.7 Å².